The summed E-state index contributed by atoms with van der Waals surface area (Å²) in [6, 6.07) is 3.80. The minimum atomic E-state index is -0.911. The van der Waals surface area contributed by atoms with Gasteiger partial charge in [-0.15, -0.1) is 26.3 Å². The molecule has 8 heteroatoms. The van der Waals surface area contributed by atoms with Crippen LogP contribution in [0.1, 0.15) is 128 Å². The second-order valence-electron chi connectivity index (χ2n) is 19.5. The van der Waals surface area contributed by atoms with Crippen molar-refractivity contribution in [3.8, 4) is 23.0 Å². The summed E-state index contributed by atoms with van der Waals surface area (Å²) in [5, 5.41) is 1.33. The molecule has 0 unspecified atom stereocenters. The van der Waals surface area contributed by atoms with Gasteiger partial charge in [-0.3, -0.25) is 0 Å². The van der Waals surface area contributed by atoms with E-state index in [2.05, 4.69) is 26.3 Å². The van der Waals surface area contributed by atoms with Gasteiger partial charge in [-0.25, -0.2) is 9.59 Å². The predicted octanol–water partition coefficient (Wildman–Crippen LogP) is 10.5. The number of ether oxygens (including phenoxy) is 4. The smallest absolute Gasteiger partial charge is 0.340 e. The number of hydrogen-bond acceptors (Lipinski definition) is 8. The molecule has 294 valence electrons. The fourth-order valence-electron chi connectivity index (χ4n) is 9.42. The highest BCUT2D eigenvalue weighted by molar-refractivity contribution is 5.96. The van der Waals surface area contributed by atoms with E-state index in [-0.39, 0.29) is 11.8 Å². The zero-order valence-corrected chi connectivity index (χ0v) is 34.9. The molecule has 2 aromatic carbocycles. The van der Waals surface area contributed by atoms with Gasteiger partial charge in [-0.05, 0) is 39.8 Å². The zero-order chi connectivity index (χ0) is 41.0. The molecule has 0 spiro atoms. The zero-order valence-electron chi connectivity index (χ0n) is 34.9. The third-order valence-electron chi connectivity index (χ3n) is 13.3. The quantitative estimate of drug-likeness (QED) is 0.129. The highest BCUT2D eigenvalue weighted by Crippen LogP contribution is 2.69. The molecule has 56 heavy (non-hydrogen) atoms. The van der Waals surface area contributed by atoms with Gasteiger partial charge < -0.3 is 27.8 Å². The lowest BCUT2D eigenvalue weighted by atomic mass is 9.61. The van der Waals surface area contributed by atoms with Gasteiger partial charge in [0.15, 0.2) is 0 Å². The Hall–Kier alpha value is -4.98. The van der Waals surface area contributed by atoms with E-state index in [0.717, 1.165) is 22.3 Å². The Labute approximate surface area is 328 Å². The van der Waals surface area contributed by atoms with Gasteiger partial charge in [0.1, 0.15) is 57.6 Å². The van der Waals surface area contributed by atoms with E-state index >= 15 is 0 Å². The number of benzene rings is 2. The summed E-state index contributed by atoms with van der Waals surface area (Å²) >= 11 is 0. The van der Waals surface area contributed by atoms with E-state index in [9.17, 15) is 9.59 Å². The van der Waals surface area contributed by atoms with Crippen LogP contribution in [0.5, 0.6) is 23.0 Å². The maximum Gasteiger partial charge on any atom is 0.340 e. The first-order chi connectivity index (χ1) is 25.9. The first-order valence-electron chi connectivity index (χ1n) is 19.5. The summed E-state index contributed by atoms with van der Waals surface area (Å²) in [4.78, 5) is 27.8. The molecule has 0 radical (unpaired) electrons. The standard InChI is InChI=1S/C48H54O8/c1-17-43(5,6)25-21-23-33-29-27-28-30-34(52-40(27)48(15,16)55-37(29)31(45(9,10)19-3)35(23)53-41(25)49)24-22-26(44(7,8)18-2)42(50)54-36(24)32(46(11,12)20-4)38(30)56-47(13,14)39(28)51-33/h17-22,27-28,39-40H,1-4H2,5-16H3/t27-,28+,39-,40+. The van der Waals surface area contributed by atoms with Crippen molar-refractivity contribution < 1.29 is 27.8 Å². The highest BCUT2D eigenvalue weighted by atomic mass is 16.6. The number of fused-ring (bicyclic) bond motifs is 4. The molecule has 4 atom stereocenters. The molecule has 4 aromatic rings. The van der Waals surface area contributed by atoms with Crippen molar-refractivity contribution in [2.75, 3.05) is 0 Å². The Balaban J connectivity index is 1.58. The SMILES string of the molecule is C=CC(C)(C)c1cc2c3c4c(c(C(C)(C)C=C)c2oc1=O)OC(C)(C)[C@@H]1Oc2c5c(c(C(C)(C)C=C)c6oc(=O)c(C(C)(C)C=C)cc26)OC(C)(C)[C@@H](O3)[C@@H]5[C@@H]41. The van der Waals surface area contributed by atoms with Crippen molar-refractivity contribution in [3.05, 3.63) is 117 Å². The van der Waals surface area contributed by atoms with E-state index < -0.39 is 56.3 Å². The van der Waals surface area contributed by atoms with Crippen molar-refractivity contribution in [3.63, 3.8) is 0 Å². The Bertz CT molecular complexity index is 2410. The van der Waals surface area contributed by atoms with E-state index in [4.69, 9.17) is 27.8 Å². The lowest BCUT2D eigenvalue weighted by molar-refractivity contribution is -0.113. The van der Waals surface area contributed by atoms with Crippen LogP contribution in [0.4, 0.5) is 0 Å². The fourth-order valence-corrected chi connectivity index (χ4v) is 9.42. The molecular weight excluding hydrogens is 705 g/mol. The fraction of sp³-hybridized carbons (Fsp3) is 0.458. The van der Waals surface area contributed by atoms with E-state index in [1.54, 1.807) is 12.2 Å². The first kappa shape index (κ1) is 37.9. The average molecular weight is 759 g/mol. The Morgan fingerprint density at radius 3 is 1.16 bits per heavy atom. The van der Waals surface area contributed by atoms with Gasteiger partial charge in [0.25, 0.3) is 0 Å². The molecule has 6 heterocycles. The van der Waals surface area contributed by atoms with Crippen LogP contribution >= 0.6 is 0 Å². The van der Waals surface area contributed by atoms with Crippen LogP contribution in [-0.4, -0.2) is 23.4 Å². The van der Waals surface area contributed by atoms with Crippen molar-refractivity contribution in [2.45, 2.75) is 140 Å². The minimum Gasteiger partial charge on any atom is -0.484 e. The molecule has 0 bridgehead atoms. The lowest BCUT2D eigenvalue weighted by Crippen LogP contribution is -2.63. The van der Waals surface area contributed by atoms with Crippen LogP contribution in [0.3, 0.4) is 0 Å². The van der Waals surface area contributed by atoms with Crippen LogP contribution < -0.4 is 30.2 Å². The summed E-state index contributed by atoms with van der Waals surface area (Å²) in [7, 11) is 0. The molecule has 0 fully saturated rings. The Morgan fingerprint density at radius 1 is 0.536 bits per heavy atom. The topological polar surface area (TPSA) is 97.3 Å². The third-order valence-corrected chi connectivity index (χ3v) is 13.3. The van der Waals surface area contributed by atoms with Crippen molar-refractivity contribution in [1.29, 1.82) is 0 Å². The molecule has 8 nitrogen and oxygen atoms in total. The maximum atomic E-state index is 13.9. The molecule has 0 saturated carbocycles. The number of allylic oxidation sites excluding steroid dienone is 4. The Kier molecular flexibility index (Phi) is 7.67. The van der Waals surface area contributed by atoms with E-state index in [1.165, 1.54) is 0 Å². The summed E-state index contributed by atoms with van der Waals surface area (Å²) in [6.45, 7) is 40.6. The molecular formula is C48H54O8. The van der Waals surface area contributed by atoms with Crippen molar-refractivity contribution in [2.24, 2.45) is 0 Å². The van der Waals surface area contributed by atoms with Crippen LogP contribution in [0.15, 0.2) is 81.2 Å². The van der Waals surface area contributed by atoms with Crippen molar-refractivity contribution in [1.82, 2.24) is 0 Å². The number of hydrogen-bond donors (Lipinski definition) is 0. The largest absolute Gasteiger partial charge is 0.484 e. The van der Waals surface area contributed by atoms with Crippen LogP contribution in [0.2, 0.25) is 0 Å². The number of rotatable bonds is 8. The molecule has 0 aliphatic carbocycles. The van der Waals surface area contributed by atoms with Crippen LogP contribution in [0.25, 0.3) is 21.9 Å². The van der Waals surface area contributed by atoms with E-state index in [1.807, 2.05) is 107 Å². The first-order valence-corrected chi connectivity index (χ1v) is 19.5. The predicted molar refractivity (Wildman–Crippen MR) is 222 cm³/mol. The van der Waals surface area contributed by atoms with Crippen molar-refractivity contribution >= 4 is 21.9 Å². The monoisotopic (exact) mass is 758 g/mol. The average Bonchev–Trinajstić information content (AvgIpc) is 3.11. The van der Waals surface area contributed by atoms with Gasteiger partial charge in [0, 0.05) is 66.9 Å². The summed E-state index contributed by atoms with van der Waals surface area (Å²) < 4.78 is 41.7. The van der Waals surface area contributed by atoms with Gasteiger partial charge in [-0.2, -0.15) is 0 Å². The molecule has 0 saturated heterocycles. The second-order valence-corrected chi connectivity index (χ2v) is 19.5. The highest BCUT2D eigenvalue weighted by Gasteiger charge is 2.65. The third kappa shape index (κ3) is 4.83. The molecule has 8 rings (SSSR count). The molecule has 4 aliphatic rings. The van der Waals surface area contributed by atoms with Crippen LogP contribution in [0, 0.1) is 0 Å². The summed E-state index contributed by atoms with van der Waals surface area (Å²) in [6.07, 6.45) is 6.17. The second kappa shape index (κ2) is 11.3. The normalized spacial score (nSPS) is 22.9. The van der Waals surface area contributed by atoms with Gasteiger partial charge >= 0.3 is 11.3 Å². The Morgan fingerprint density at radius 2 is 0.857 bits per heavy atom. The van der Waals surface area contributed by atoms with Gasteiger partial charge in [0.2, 0.25) is 0 Å². The summed E-state index contributed by atoms with van der Waals surface area (Å²) in [5.41, 5.74) is -0.615. The lowest BCUT2D eigenvalue weighted by Gasteiger charge is -2.59. The molecule has 0 N–H and O–H groups in total. The molecule has 0 amide bonds. The molecule has 2 aromatic heterocycles. The maximum absolute atomic E-state index is 13.9. The van der Waals surface area contributed by atoms with Crippen LogP contribution in [-0.2, 0) is 21.7 Å². The van der Waals surface area contributed by atoms with Gasteiger partial charge in [0.05, 0.1) is 10.8 Å². The van der Waals surface area contributed by atoms with Gasteiger partial charge in [-0.1, -0.05) is 79.7 Å². The summed E-state index contributed by atoms with van der Waals surface area (Å²) in [5.74, 6) is 1.78. The minimum absolute atomic E-state index is 0.291. The molecule has 4 aliphatic heterocycles. The van der Waals surface area contributed by atoms with E-state index in [0.29, 0.717) is 56.1 Å².